The molecule has 1 aromatic carbocycles. The molecule has 3 fully saturated rings. The third-order valence-electron chi connectivity index (χ3n) is 5.43. The summed E-state index contributed by atoms with van der Waals surface area (Å²) >= 11 is 0. The summed E-state index contributed by atoms with van der Waals surface area (Å²) in [6.45, 7) is 2.04. The highest BCUT2D eigenvalue weighted by Crippen LogP contribution is 2.58. The van der Waals surface area contributed by atoms with Crippen LogP contribution in [0.2, 0.25) is 0 Å². The van der Waals surface area contributed by atoms with Gasteiger partial charge in [-0.05, 0) is 74.9 Å². The zero-order valence-electron chi connectivity index (χ0n) is 13.7. The van der Waals surface area contributed by atoms with Crippen molar-refractivity contribution in [2.45, 2.75) is 38.1 Å². The average Bonchev–Trinajstić information content (AvgIpc) is 3.49. The van der Waals surface area contributed by atoms with E-state index in [1.165, 1.54) is 0 Å². The van der Waals surface area contributed by atoms with Crippen molar-refractivity contribution in [1.29, 1.82) is 0 Å². The van der Waals surface area contributed by atoms with Gasteiger partial charge in [-0.25, -0.2) is 4.79 Å². The van der Waals surface area contributed by atoms with Gasteiger partial charge in [0.2, 0.25) is 5.91 Å². The zero-order valence-corrected chi connectivity index (χ0v) is 13.7. The number of hydrogen-bond acceptors (Lipinski definition) is 3. The fraction of sp³-hybridized carbons (Fsp3) is 0.556. The van der Waals surface area contributed by atoms with E-state index in [0.29, 0.717) is 6.04 Å². The molecule has 1 unspecified atom stereocenters. The first-order valence-electron chi connectivity index (χ1n) is 8.84. The second-order valence-corrected chi connectivity index (χ2v) is 7.31. The number of carbonyl (C=O) groups is 2. The molecule has 6 nitrogen and oxygen atoms in total. The highest BCUT2D eigenvalue weighted by atomic mass is 16.2. The molecule has 3 aliphatic rings. The molecule has 2 saturated carbocycles. The van der Waals surface area contributed by atoms with E-state index in [9.17, 15) is 9.59 Å². The Kier molecular flexibility index (Phi) is 3.92. The summed E-state index contributed by atoms with van der Waals surface area (Å²) in [5.74, 6) is 0.283. The molecule has 1 spiro atoms. The molecule has 4 rings (SSSR count). The molecule has 1 aliphatic heterocycles. The third-order valence-corrected chi connectivity index (χ3v) is 5.43. The number of benzene rings is 1. The van der Waals surface area contributed by atoms with Crippen LogP contribution in [-0.2, 0) is 4.79 Å². The fourth-order valence-electron chi connectivity index (χ4n) is 3.64. The fourth-order valence-corrected chi connectivity index (χ4v) is 3.64. The van der Waals surface area contributed by atoms with Gasteiger partial charge in [0.15, 0.2) is 0 Å². The Morgan fingerprint density at radius 3 is 2.25 bits per heavy atom. The molecule has 0 radical (unpaired) electrons. The topological polar surface area (TPSA) is 82.3 Å². The van der Waals surface area contributed by atoms with Gasteiger partial charge in [-0.1, -0.05) is 0 Å². The van der Waals surface area contributed by atoms with Crippen molar-refractivity contribution < 1.29 is 9.59 Å². The summed E-state index contributed by atoms with van der Waals surface area (Å²) in [6.07, 6.45) is 5.35. The minimum Gasteiger partial charge on any atom is -0.335 e. The Morgan fingerprint density at radius 2 is 1.62 bits per heavy atom. The van der Waals surface area contributed by atoms with Gasteiger partial charge in [-0.3, -0.25) is 4.79 Å². The van der Waals surface area contributed by atoms with Crippen molar-refractivity contribution in [3.05, 3.63) is 24.3 Å². The number of amides is 3. The minimum atomic E-state index is -0.167. The molecule has 1 heterocycles. The predicted molar refractivity (Wildman–Crippen MR) is 92.9 cm³/mol. The SMILES string of the molecule is O=C(Nc1ccc(NC(=O)C2CC23CCNCC3)cc1)NC1CC1. The summed E-state index contributed by atoms with van der Waals surface area (Å²) < 4.78 is 0. The van der Waals surface area contributed by atoms with Gasteiger partial charge in [0.05, 0.1) is 0 Å². The van der Waals surface area contributed by atoms with E-state index in [-0.39, 0.29) is 23.3 Å². The van der Waals surface area contributed by atoms with Gasteiger partial charge in [-0.2, -0.15) is 0 Å². The largest absolute Gasteiger partial charge is 0.335 e. The van der Waals surface area contributed by atoms with Crippen LogP contribution in [0.3, 0.4) is 0 Å². The Labute approximate surface area is 141 Å². The lowest BCUT2D eigenvalue weighted by molar-refractivity contribution is -0.118. The van der Waals surface area contributed by atoms with Crippen LogP contribution >= 0.6 is 0 Å². The van der Waals surface area contributed by atoms with Crippen LogP contribution in [0.15, 0.2) is 24.3 Å². The first kappa shape index (κ1) is 15.4. The van der Waals surface area contributed by atoms with Crippen molar-refractivity contribution in [2.75, 3.05) is 23.7 Å². The quantitative estimate of drug-likeness (QED) is 0.684. The molecule has 2 aliphatic carbocycles. The second-order valence-electron chi connectivity index (χ2n) is 7.31. The van der Waals surface area contributed by atoms with Crippen LogP contribution in [0, 0.1) is 11.3 Å². The lowest BCUT2D eigenvalue weighted by Crippen LogP contribution is -2.31. The second kappa shape index (κ2) is 6.09. The van der Waals surface area contributed by atoms with Gasteiger partial charge < -0.3 is 21.3 Å². The smallest absolute Gasteiger partial charge is 0.319 e. The molecular weight excluding hydrogens is 304 g/mol. The number of carbonyl (C=O) groups excluding carboxylic acids is 2. The van der Waals surface area contributed by atoms with Crippen LogP contribution in [0.25, 0.3) is 0 Å². The lowest BCUT2D eigenvalue weighted by atomic mass is 9.92. The Morgan fingerprint density at radius 1 is 1.00 bits per heavy atom. The zero-order chi connectivity index (χ0) is 16.6. The standard InChI is InChI=1S/C18H24N4O2/c23-16(15-11-18(15)7-9-19-10-8-18)20-12-1-3-13(4-2-12)21-17(24)22-14-5-6-14/h1-4,14-15,19H,5-11H2,(H,20,23)(H2,21,22,24). The van der Waals surface area contributed by atoms with Crippen LogP contribution in [0.5, 0.6) is 0 Å². The van der Waals surface area contributed by atoms with Crippen LogP contribution in [0.4, 0.5) is 16.2 Å². The molecule has 128 valence electrons. The van der Waals surface area contributed by atoms with Crippen molar-refractivity contribution in [3.8, 4) is 0 Å². The highest BCUT2D eigenvalue weighted by molar-refractivity contribution is 5.95. The van der Waals surface area contributed by atoms with E-state index in [0.717, 1.165) is 56.6 Å². The summed E-state index contributed by atoms with van der Waals surface area (Å²) in [5, 5.41) is 12.1. The van der Waals surface area contributed by atoms with Crippen molar-refractivity contribution in [2.24, 2.45) is 11.3 Å². The van der Waals surface area contributed by atoms with Gasteiger partial charge in [-0.15, -0.1) is 0 Å². The number of rotatable bonds is 4. The molecule has 3 amide bonds. The monoisotopic (exact) mass is 328 g/mol. The summed E-state index contributed by atoms with van der Waals surface area (Å²) in [6, 6.07) is 7.47. The molecule has 4 N–H and O–H groups in total. The average molecular weight is 328 g/mol. The number of hydrogen-bond donors (Lipinski definition) is 4. The normalized spacial score (nSPS) is 24.2. The van der Waals surface area contributed by atoms with Crippen LogP contribution < -0.4 is 21.3 Å². The molecule has 1 atom stereocenters. The van der Waals surface area contributed by atoms with Gasteiger partial charge in [0, 0.05) is 23.3 Å². The van der Waals surface area contributed by atoms with E-state index in [1.54, 1.807) is 0 Å². The van der Waals surface area contributed by atoms with Crippen molar-refractivity contribution in [1.82, 2.24) is 10.6 Å². The van der Waals surface area contributed by atoms with Crippen LogP contribution in [-0.4, -0.2) is 31.1 Å². The summed E-state index contributed by atoms with van der Waals surface area (Å²) in [7, 11) is 0. The number of anilines is 2. The maximum absolute atomic E-state index is 12.4. The number of nitrogens with one attached hydrogen (secondary N) is 4. The number of urea groups is 1. The van der Waals surface area contributed by atoms with Gasteiger partial charge >= 0.3 is 6.03 Å². The molecule has 0 aromatic heterocycles. The predicted octanol–water partition coefficient (Wildman–Crippen LogP) is 2.30. The molecule has 24 heavy (non-hydrogen) atoms. The highest BCUT2D eigenvalue weighted by Gasteiger charge is 2.57. The maximum atomic E-state index is 12.4. The Hall–Kier alpha value is -2.08. The molecule has 0 bridgehead atoms. The summed E-state index contributed by atoms with van der Waals surface area (Å²) in [5.41, 5.74) is 1.76. The Bertz CT molecular complexity index is 633. The van der Waals surface area contributed by atoms with Gasteiger partial charge in [0.1, 0.15) is 0 Å². The van der Waals surface area contributed by atoms with Crippen molar-refractivity contribution >= 4 is 23.3 Å². The summed E-state index contributed by atoms with van der Waals surface area (Å²) in [4.78, 5) is 24.1. The molecule has 1 aromatic rings. The van der Waals surface area contributed by atoms with Gasteiger partial charge in [0.25, 0.3) is 0 Å². The van der Waals surface area contributed by atoms with E-state index >= 15 is 0 Å². The molecular formula is C18H24N4O2. The first-order valence-corrected chi connectivity index (χ1v) is 8.84. The number of piperidine rings is 1. The molecule has 1 saturated heterocycles. The third kappa shape index (κ3) is 3.38. The first-order chi connectivity index (χ1) is 11.6. The van der Waals surface area contributed by atoms with E-state index < -0.39 is 0 Å². The van der Waals surface area contributed by atoms with E-state index in [4.69, 9.17) is 0 Å². The minimum absolute atomic E-state index is 0.129. The van der Waals surface area contributed by atoms with E-state index in [1.807, 2.05) is 24.3 Å². The maximum Gasteiger partial charge on any atom is 0.319 e. The van der Waals surface area contributed by atoms with Crippen molar-refractivity contribution in [3.63, 3.8) is 0 Å². The lowest BCUT2D eigenvalue weighted by Gasteiger charge is -2.23. The van der Waals surface area contributed by atoms with E-state index in [2.05, 4.69) is 21.3 Å². The molecule has 6 heteroatoms. The van der Waals surface area contributed by atoms with Crippen LogP contribution in [0.1, 0.15) is 32.1 Å². The Balaban J connectivity index is 1.29.